The minimum atomic E-state index is -3.44. The van der Waals surface area contributed by atoms with E-state index < -0.39 is 10.0 Å². The van der Waals surface area contributed by atoms with Crippen molar-refractivity contribution >= 4 is 15.8 Å². The number of anilines is 1. The summed E-state index contributed by atoms with van der Waals surface area (Å²) >= 11 is 0. The van der Waals surface area contributed by atoms with E-state index in [4.69, 9.17) is 0 Å². The van der Waals surface area contributed by atoms with E-state index in [2.05, 4.69) is 21.9 Å². The zero-order valence-corrected chi connectivity index (χ0v) is 12.2. The average Bonchev–Trinajstić information content (AvgIpc) is 3.20. The number of aromatic nitrogens is 1. The second kappa shape index (κ2) is 5.88. The molecule has 6 heteroatoms. The van der Waals surface area contributed by atoms with Crippen LogP contribution < -0.4 is 10.0 Å². The monoisotopic (exact) mass is 283 g/mol. The Balaban J connectivity index is 2.03. The Bertz CT molecular complexity index is 509. The maximum absolute atomic E-state index is 12.1. The van der Waals surface area contributed by atoms with Crippen molar-refractivity contribution in [3.05, 3.63) is 18.3 Å². The Morgan fingerprint density at radius 1 is 1.42 bits per heavy atom. The van der Waals surface area contributed by atoms with Crippen LogP contribution >= 0.6 is 0 Å². The number of pyridine rings is 1. The molecule has 0 radical (unpaired) electrons. The van der Waals surface area contributed by atoms with Gasteiger partial charge in [-0.2, -0.15) is 0 Å². The van der Waals surface area contributed by atoms with Crippen LogP contribution in [0.3, 0.4) is 0 Å². The molecular weight excluding hydrogens is 262 g/mol. The first-order valence-corrected chi connectivity index (χ1v) is 8.23. The second-order valence-corrected chi connectivity index (χ2v) is 6.77. The second-order valence-electron chi connectivity index (χ2n) is 5.05. The normalized spacial score (nSPS) is 17.2. The van der Waals surface area contributed by atoms with Crippen LogP contribution in [0, 0.1) is 5.92 Å². The predicted octanol–water partition coefficient (Wildman–Crippen LogP) is 1.98. The van der Waals surface area contributed by atoms with Gasteiger partial charge in [0.1, 0.15) is 10.7 Å². The van der Waals surface area contributed by atoms with Crippen LogP contribution in [0.15, 0.2) is 23.2 Å². The third-order valence-corrected chi connectivity index (χ3v) is 4.82. The molecule has 1 saturated carbocycles. The third kappa shape index (κ3) is 3.91. The molecule has 1 aromatic rings. The van der Waals surface area contributed by atoms with E-state index in [0.717, 1.165) is 25.8 Å². The molecule has 1 aromatic heterocycles. The molecule has 19 heavy (non-hydrogen) atoms. The number of nitrogens with one attached hydrogen (secondary N) is 2. The smallest absolute Gasteiger partial charge is 0.242 e. The van der Waals surface area contributed by atoms with Gasteiger partial charge < -0.3 is 5.32 Å². The molecule has 0 amide bonds. The lowest BCUT2D eigenvalue weighted by Gasteiger charge is -2.13. The topological polar surface area (TPSA) is 71.1 Å². The minimum Gasteiger partial charge on any atom is -0.370 e. The molecule has 0 aromatic carbocycles. The molecule has 5 nitrogen and oxygen atoms in total. The van der Waals surface area contributed by atoms with Gasteiger partial charge in [-0.3, -0.25) is 0 Å². The summed E-state index contributed by atoms with van der Waals surface area (Å²) in [7, 11) is -3.44. The quantitative estimate of drug-likeness (QED) is 0.802. The highest BCUT2D eigenvalue weighted by Gasteiger charge is 2.31. The number of sulfonamides is 1. The van der Waals surface area contributed by atoms with Crippen LogP contribution in [0.2, 0.25) is 0 Å². The van der Waals surface area contributed by atoms with E-state index in [1.807, 2.05) is 6.92 Å². The third-order valence-electron chi connectivity index (χ3n) is 3.27. The highest BCUT2D eigenvalue weighted by Crippen LogP contribution is 2.32. The molecule has 0 aliphatic heterocycles. The molecule has 0 bridgehead atoms. The van der Waals surface area contributed by atoms with E-state index in [-0.39, 0.29) is 10.9 Å². The summed E-state index contributed by atoms with van der Waals surface area (Å²) in [4.78, 5) is 4.34. The SMILES string of the molecule is CCCNc1ccc(S(=O)(=O)NC(C)C2CC2)cn1. The molecule has 1 fully saturated rings. The molecule has 1 unspecified atom stereocenters. The number of rotatable bonds is 7. The van der Waals surface area contributed by atoms with Gasteiger partial charge in [0.05, 0.1) is 0 Å². The van der Waals surface area contributed by atoms with E-state index in [1.54, 1.807) is 12.1 Å². The highest BCUT2D eigenvalue weighted by molar-refractivity contribution is 7.89. The van der Waals surface area contributed by atoms with Gasteiger partial charge in [-0.05, 0) is 44.2 Å². The summed E-state index contributed by atoms with van der Waals surface area (Å²) in [6.07, 6.45) is 4.63. The van der Waals surface area contributed by atoms with Crippen molar-refractivity contribution in [3.8, 4) is 0 Å². The number of hydrogen-bond acceptors (Lipinski definition) is 4. The van der Waals surface area contributed by atoms with Crippen LogP contribution in [-0.2, 0) is 10.0 Å². The van der Waals surface area contributed by atoms with Crippen LogP contribution in [0.25, 0.3) is 0 Å². The molecule has 106 valence electrons. The summed E-state index contributed by atoms with van der Waals surface area (Å²) in [6, 6.07) is 3.29. The summed E-state index contributed by atoms with van der Waals surface area (Å²) in [5, 5.41) is 3.12. The molecule has 2 rings (SSSR count). The van der Waals surface area contributed by atoms with Crippen molar-refractivity contribution in [1.29, 1.82) is 0 Å². The fraction of sp³-hybridized carbons (Fsp3) is 0.615. The Labute approximate surface area is 114 Å². The van der Waals surface area contributed by atoms with Crippen molar-refractivity contribution in [2.45, 2.75) is 44.0 Å². The van der Waals surface area contributed by atoms with E-state index in [9.17, 15) is 8.42 Å². The summed E-state index contributed by atoms with van der Waals surface area (Å²) in [5.74, 6) is 1.20. The fourth-order valence-corrected chi connectivity index (χ4v) is 3.16. The minimum absolute atomic E-state index is 0.00268. The maximum atomic E-state index is 12.1. The fourth-order valence-electron chi connectivity index (χ4n) is 1.90. The van der Waals surface area contributed by atoms with Gasteiger partial charge in [-0.1, -0.05) is 6.92 Å². The first-order chi connectivity index (χ1) is 9.03. The Morgan fingerprint density at radius 3 is 2.68 bits per heavy atom. The van der Waals surface area contributed by atoms with E-state index >= 15 is 0 Å². The van der Waals surface area contributed by atoms with E-state index in [0.29, 0.717) is 11.7 Å². The van der Waals surface area contributed by atoms with Crippen LogP contribution in [-0.4, -0.2) is 26.0 Å². The van der Waals surface area contributed by atoms with Crippen molar-refractivity contribution in [1.82, 2.24) is 9.71 Å². The van der Waals surface area contributed by atoms with Gasteiger partial charge in [0.15, 0.2) is 0 Å². The standard InChI is InChI=1S/C13H21N3O2S/c1-3-8-14-13-7-6-12(9-15-13)19(17,18)16-10(2)11-4-5-11/h6-7,9-11,16H,3-5,8H2,1-2H3,(H,14,15). The molecule has 1 aliphatic carbocycles. The lowest BCUT2D eigenvalue weighted by Crippen LogP contribution is -2.34. The Morgan fingerprint density at radius 2 is 2.16 bits per heavy atom. The van der Waals surface area contributed by atoms with E-state index in [1.165, 1.54) is 6.20 Å². The highest BCUT2D eigenvalue weighted by atomic mass is 32.2. The molecule has 1 atom stereocenters. The zero-order chi connectivity index (χ0) is 13.9. The lowest BCUT2D eigenvalue weighted by molar-refractivity contribution is 0.538. The zero-order valence-electron chi connectivity index (χ0n) is 11.4. The lowest BCUT2D eigenvalue weighted by atomic mass is 10.2. The maximum Gasteiger partial charge on any atom is 0.242 e. The average molecular weight is 283 g/mol. The van der Waals surface area contributed by atoms with Gasteiger partial charge >= 0.3 is 0 Å². The van der Waals surface area contributed by atoms with Gasteiger partial charge in [0.25, 0.3) is 0 Å². The molecule has 2 N–H and O–H groups in total. The molecule has 0 saturated heterocycles. The van der Waals surface area contributed by atoms with Crippen molar-refractivity contribution in [2.75, 3.05) is 11.9 Å². The molecular formula is C13H21N3O2S. The summed E-state index contributed by atoms with van der Waals surface area (Å²) < 4.78 is 27.0. The Kier molecular flexibility index (Phi) is 4.42. The first kappa shape index (κ1) is 14.3. The van der Waals surface area contributed by atoms with Crippen LogP contribution in [0.5, 0.6) is 0 Å². The first-order valence-electron chi connectivity index (χ1n) is 6.75. The van der Waals surface area contributed by atoms with Crippen molar-refractivity contribution < 1.29 is 8.42 Å². The van der Waals surface area contributed by atoms with Gasteiger partial charge in [0, 0.05) is 18.8 Å². The summed E-state index contributed by atoms with van der Waals surface area (Å²) in [5.41, 5.74) is 0. The molecule has 0 spiro atoms. The van der Waals surface area contributed by atoms with Crippen LogP contribution in [0.1, 0.15) is 33.1 Å². The summed E-state index contributed by atoms with van der Waals surface area (Å²) in [6.45, 7) is 4.81. The number of nitrogens with zero attached hydrogens (tertiary/aromatic N) is 1. The van der Waals surface area contributed by atoms with Gasteiger partial charge in [-0.15, -0.1) is 0 Å². The largest absolute Gasteiger partial charge is 0.370 e. The molecule has 1 heterocycles. The van der Waals surface area contributed by atoms with Gasteiger partial charge in [0.2, 0.25) is 10.0 Å². The van der Waals surface area contributed by atoms with Crippen molar-refractivity contribution in [3.63, 3.8) is 0 Å². The van der Waals surface area contributed by atoms with Crippen molar-refractivity contribution in [2.24, 2.45) is 5.92 Å². The predicted molar refractivity (Wildman–Crippen MR) is 75.5 cm³/mol. The van der Waals surface area contributed by atoms with Crippen LogP contribution in [0.4, 0.5) is 5.82 Å². The molecule has 1 aliphatic rings. The Hall–Kier alpha value is -1.14. The number of hydrogen-bond donors (Lipinski definition) is 2. The van der Waals surface area contributed by atoms with Gasteiger partial charge in [-0.25, -0.2) is 18.1 Å².